The standard InChI is InChI=1S/C13H21N3O2S/c1-9-8-19-13(15-9)10(2)16-12(17)7-18-11-3-5-14-6-4-11/h8,10-11,14H,3-7H2,1-2H3,(H,16,17). The van der Waals surface area contributed by atoms with Gasteiger partial charge < -0.3 is 15.4 Å². The van der Waals surface area contributed by atoms with Crippen LogP contribution in [0, 0.1) is 6.92 Å². The lowest BCUT2D eigenvalue weighted by Gasteiger charge is -2.23. The van der Waals surface area contributed by atoms with Crippen molar-refractivity contribution in [3.63, 3.8) is 0 Å². The predicted octanol–water partition coefficient (Wildman–Crippen LogP) is 1.40. The summed E-state index contributed by atoms with van der Waals surface area (Å²) in [5.41, 5.74) is 0.993. The summed E-state index contributed by atoms with van der Waals surface area (Å²) in [5, 5.41) is 9.12. The van der Waals surface area contributed by atoms with Crippen LogP contribution in [0.5, 0.6) is 0 Å². The molecule has 106 valence electrons. The number of aromatic nitrogens is 1. The number of nitrogens with one attached hydrogen (secondary N) is 2. The molecule has 5 nitrogen and oxygen atoms in total. The minimum atomic E-state index is -0.0705. The number of thiazole rings is 1. The Bertz CT molecular complexity index is 416. The van der Waals surface area contributed by atoms with Crippen LogP contribution >= 0.6 is 11.3 Å². The Balaban J connectivity index is 1.71. The van der Waals surface area contributed by atoms with Crippen molar-refractivity contribution in [1.29, 1.82) is 0 Å². The predicted molar refractivity (Wildman–Crippen MR) is 75.3 cm³/mol. The summed E-state index contributed by atoms with van der Waals surface area (Å²) in [4.78, 5) is 16.2. The second-order valence-electron chi connectivity index (χ2n) is 4.88. The second-order valence-corrected chi connectivity index (χ2v) is 5.77. The topological polar surface area (TPSA) is 63.2 Å². The second kappa shape index (κ2) is 6.98. The molecule has 2 heterocycles. The Labute approximate surface area is 117 Å². The van der Waals surface area contributed by atoms with Gasteiger partial charge in [0.25, 0.3) is 0 Å². The van der Waals surface area contributed by atoms with E-state index >= 15 is 0 Å². The monoisotopic (exact) mass is 283 g/mol. The normalized spacial score (nSPS) is 18.2. The molecule has 1 aliphatic rings. The molecule has 1 saturated heterocycles. The van der Waals surface area contributed by atoms with Gasteiger partial charge in [0.2, 0.25) is 5.91 Å². The average molecular weight is 283 g/mol. The number of amides is 1. The van der Waals surface area contributed by atoms with Crippen LogP contribution in [0.15, 0.2) is 5.38 Å². The smallest absolute Gasteiger partial charge is 0.246 e. The van der Waals surface area contributed by atoms with E-state index in [4.69, 9.17) is 4.74 Å². The number of nitrogens with zero attached hydrogens (tertiary/aromatic N) is 1. The van der Waals surface area contributed by atoms with Gasteiger partial charge in [0.15, 0.2) is 0 Å². The third kappa shape index (κ3) is 4.56. The van der Waals surface area contributed by atoms with Crippen LogP contribution in [-0.2, 0) is 9.53 Å². The number of hydrogen-bond donors (Lipinski definition) is 2. The first-order valence-corrected chi connectivity index (χ1v) is 7.57. The summed E-state index contributed by atoms with van der Waals surface area (Å²) in [6.45, 7) is 5.98. The van der Waals surface area contributed by atoms with E-state index in [1.165, 1.54) is 0 Å². The number of piperidine rings is 1. The van der Waals surface area contributed by atoms with Crippen LogP contribution in [0.2, 0.25) is 0 Å². The van der Waals surface area contributed by atoms with E-state index in [9.17, 15) is 4.79 Å². The van der Waals surface area contributed by atoms with E-state index in [2.05, 4.69) is 15.6 Å². The quantitative estimate of drug-likeness (QED) is 0.857. The maximum atomic E-state index is 11.8. The molecule has 1 aromatic heterocycles. The van der Waals surface area contributed by atoms with Crippen LogP contribution in [0.25, 0.3) is 0 Å². The van der Waals surface area contributed by atoms with Gasteiger partial charge in [-0.1, -0.05) is 0 Å². The van der Waals surface area contributed by atoms with Crippen molar-refractivity contribution >= 4 is 17.2 Å². The van der Waals surface area contributed by atoms with Crippen LogP contribution in [0.1, 0.15) is 36.5 Å². The fourth-order valence-corrected chi connectivity index (χ4v) is 2.88. The molecule has 1 aliphatic heterocycles. The lowest BCUT2D eigenvalue weighted by atomic mass is 10.1. The van der Waals surface area contributed by atoms with Gasteiger partial charge in [0.1, 0.15) is 11.6 Å². The average Bonchev–Trinajstić information content (AvgIpc) is 2.84. The van der Waals surface area contributed by atoms with Crippen molar-refractivity contribution in [2.24, 2.45) is 0 Å². The van der Waals surface area contributed by atoms with E-state index in [0.29, 0.717) is 0 Å². The minimum Gasteiger partial charge on any atom is -0.368 e. The van der Waals surface area contributed by atoms with Gasteiger partial charge in [-0.3, -0.25) is 4.79 Å². The molecule has 0 aliphatic carbocycles. The number of ether oxygens (including phenoxy) is 1. The molecule has 0 bridgehead atoms. The minimum absolute atomic E-state index is 0.0529. The van der Waals surface area contributed by atoms with Gasteiger partial charge in [-0.15, -0.1) is 11.3 Å². The molecule has 2 N–H and O–H groups in total. The number of aryl methyl sites for hydroxylation is 1. The molecular weight excluding hydrogens is 262 g/mol. The van der Waals surface area contributed by atoms with Crippen molar-refractivity contribution < 1.29 is 9.53 Å². The summed E-state index contributed by atoms with van der Waals surface area (Å²) >= 11 is 1.57. The lowest BCUT2D eigenvalue weighted by Crippen LogP contribution is -2.36. The zero-order valence-corrected chi connectivity index (χ0v) is 12.3. The van der Waals surface area contributed by atoms with Crippen molar-refractivity contribution in [1.82, 2.24) is 15.6 Å². The molecular formula is C13H21N3O2S. The van der Waals surface area contributed by atoms with Gasteiger partial charge in [-0.25, -0.2) is 4.98 Å². The molecule has 0 aromatic carbocycles. The van der Waals surface area contributed by atoms with Gasteiger partial charge in [0.05, 0.1) is 12.1 Å². The van der Waals surface area contributed by atoms with E-state index in [-0.39, 0.29) is 24.7 Å². The molecule has 19 heavy (non-hydrogen) atoms. The first kappa shape index (κ1) is 14.4. The van der Waals surface area contributed by atoms with Crippen molar-refractivity contribution in [2.75, 3.05) is 19.7 Å². The number of hydrogen-bond acceptors (Lipinski definition) is 5. The van der Waals surface area contributed by atoms with Crippen LogP contribution in [0.3, 0.4) is 0 Å². The van der Waals surface area contributed by atoms with Crippen molar-refractivity contribution in [2.45, 2.75) is 38.8 Å². The van der Waals surface area contributed by atoms with E-state index in [1.807, 2.05) is 19.2 Å². The molecule has 1 atom stereocenters. The first-order chi connectivity index (χ1) is 9.15. The van der Waals surface area contributed by atoms with Crippen molar-refractivity contribution in [3.05, 3.63) is 16.1 Å². The third-order valence-electron chi connectivity index (χ3n) is 3.12. The zero-order valence-electron chi connectivity index (χ0n) is 11.4. The molecule has 6 heteroatoms. The Morgan fingerprint density at radius 3 is 3.00 bits per heavy atom. The number of carbonyl (C=O) groups excluding carboxylic acids is 1. The van der Waals surface area contributed by atoms with Crippen LogP contribution < -0.4 is 10.6 Å². The van der Waals surface area contributed by atoms with E-state index in [0.717, 1.165) is 36.6 Å². The fraction of sp³-hybridized carbons (Fsp3) is 0.692. The Morgan fingerprint density at radius 2 is 2.37 bits per heavy atom. The molecule has 1 amide bonds. The van der Waals surface area contributed by atoms with Crippen molar-refractivity contribution in [3.8, 4) is 0 Å². The van der Waals surface area contributed by atoms with Crippen LogP contribution in [0.4, 0.5) is 0 Å². The zero-order chi connectivity index (χ0) is 13.7. The molecule has 0 radical (unpaired) electrons. The van der Waals surface area contributed by atoms with E-state index in [1.54, 1.807) is 11.3 Å². The summed E-state index contributed by atoms with van der Waals surface area (Å²) in [5.74, 6) is -0.0705. The fourth-order valence-electron chi connectivity index (χ4n) is 2.07. The van der Waals surface area contributed by atoms with Gasteiger partial charge in [0, 0.05) is 11.1 Å². The molecule has 2 rings (SSSR count). The summed E-state index contributed by atoms with van der Waals surface area (Å²) in [6, 6.07) is -0.0529. The first-order valence-electron chi connectivity index (χ1n) is 6.69. The summed E-state index contributed by atoms with van der Waals surface area (Å²) in [6.07, 6.45) is 2.17. The highest BCUT2D eigenvalue weighted by Crippen LogP contribution is 2.17. The molecule has 1 fully saturated rings. The molecule has 0 spiro atoms. The van der Waals surface area contributed by atoms with Gasteiger partial charge in [-0.2, -0.15) is 0 Å². The lowest BCUT2D eigenvalue weighted by molar-refractivity contribution is -0.128. The van der Waals surface area contributed by atoms with Crippen LogP contribution in [-0.4, -0.2) is 36.7 Å². The summed E-state index contributed by atoms with van der Waals surface area (Å²) < 4.78 is 5.62. The SMILES string of the molecule is Cc1csc(C(C)NC(=O)COC2CCNCC2)n1. The highest BCUT2D eigenvalue weighted by molar-refractivity contribution is 7.09. The third-order valence-corrected chi connectivity index (χ3v) is 4.27. The highest BCUT2D eigenvalue weighted by Gasteiger charge is 2.17. The Hall–Kier alpha value is -0.980. The number of carbonyl (C=O) groups is 1. The van der Waals surface area contributed by atoms with E-state index < -0.39 is 0 Å². The molecule has 1 unspecified atom stereocenters. The Morgan fingerprint density at radius 1 is 1.63 bits per heavy atom. The van der Waals surface area contributed by atoms with Gasteiger partial charge in [-0.05, 0) is 39.8 Å². The maximum Gasteiger partial charge on any atom is 0.246 e. The van der Waals surface area contributed by atoms with Gasteiger partial charge >= 0.3 is 0 Å². The maximum absolute atomic E-state index is 11.8. The number of rotatable bonds is 5. The Kier molecular flexibility index (Phi) is 5.30. The molecule has 0 saturated carbocycles. The largest absolute Gasteiger partial charge is 0.368 e. The molecule has 1 aromatic rings. The summed E-state index contributed by atoms with van der Waals surface area (Å²) in [7, 11) is 0. The highest BCUT2D eigenvalue weighted by atomic mass is 32.1.